The summed E-state index contributed by atoms with van der Waals surface area (Å²) < 4.78 is 2.27. The molecule has 0 aliphatic carbocycles. The summed E-state index contributed by atoms with van der Waals surface area (Å²) in [6.07, 6.45) is 4.35. The molecule has 5 heteroatoms. The Morgan fingerprint density at radius 2 is 2.50 bits per heavy atom. The number of rotatable bonds is 3. The molecule has 0 radical (unpaired) electrons. The lowest BCUT2D eigenvalue weighted by molar-refractivity contribution is 0.380. The van der Waals surface area contributed by atoms with E-state index in [-0.39, 0.29) is 0 Å². The fraction of sp³-hybridized carbons (Fsp3) is 0.462. The normalized spacial score (nSPS) is 18.9. The molecule has 3 heterocycles. The Hall–Kier alpha value is -0.840. The topological polar surface area (TPSA) is 29.9 Å². The van der Waals surface area contributed by atoms with Gasteiger partial charge in [-0.15, -0.1) is 11.3 Å². The van der Waals surface area contributed by atoms with Gasteiger partial charge in [0.1, 0.15) is 5.82 Å². The average molecular weight is 282 g/mol. The van der Waals surface area contributed by atoms with E-state index >= 15 is 0 Å². The van der Waals surface area contributed by atoms with E-state index in [1.165, 1.54) is 10.7 Å². The first-order chi connectivity index (χ1) is 8.72. The monoisotopic (exact) mass is 281 g/mol. The molecule has 0 saturated carbocycles. The van der Waals surface area contributed by atoms with Crippen LogP contribution < -0.4 is 5.32 Å². The highest BCUT2D eigenvalue weighted by molar-refractivity contribution is 7.10. The van der Waals surface area contributed by atoms with E-state index in [9.17, 15) is 0 Å². The van der Waals surface area contributed by atoms with Gasteiger partial charge in [-0.05, 0) is 24.8 Å². The summed E-state index contributed by atoms with van der Waals surface area (Å²) in [5, 5.41) is 6.51. The van der Waals surface area contributed by atoms with Crippen molar-refractivity contribution in [2.45, 2.75) is 38.9 Å². The second-order valence-corrected chi connectivity index (χ2v) is 6.17. The number of imidazole rings is 1. The Balaban J connectivity index is 1.61. The van der Waals surface area contributed by atoms with Crippen molar-refractivity contribution in [1.82, 2.24) is 14.9 Å². The molecule has 1 aliphatic heterocycles. The third-order valence-electron chi connectivity index (χ3n) is 3.36. The van der Waals surface area contributed by atoms with Crippen LogP contribution in [0.2, 0.25) is 5.02 Å². The second-order valence-electron chi connectivity index (χ2n) is 4.76. The van der Waals surface area contributed by atoms with E-state index in [4.69, 9.17) is 11.6 Å². The van der Waals surface area contributed by atoms with Crippen molar-refractivity contribution in [3.8, 4) is 0 Å². The van der Waals surface area contributed by atoms with Gasteiger partial charge < -0.3 is 9.88 Å². The van der Waals surface area contributed by atoms with Crippen molar-refractivity contribution < 1.29 is 0 Å². The molecule has 0 saturated heterocycles. The zero-order valence-electron chi connectivity index (χ0n) is 10.3. The molecule has 0 fully saturated rings. The maximum Gasteiger partial charge on any atom is 0.109 e. The highest BCUT2D eigenvalue weighted by atomic mass is 35.5. The summed E-state index contributed by atoms with van der Waals surface area (Å²) in [7, 11) is 0. The molecule has 96 valence electrons. The van der Waals surface area contributed by atoms with Gasteiger partial charge in [0.25, 0.3) is 0 Å². The lowest BCUT2D eigenvalue weighted by atomic mass is 10.1. The summed E-state index contributed by atoms with van der Waals surface area (Å²) in [5.41, 5.74) is 1.12. The lowest BCUT2D eigenvalue weighted by Gasteiger charge is -2.24. The van der Waals surface area contributed by atoms with Crippen LogP contribution in [0.4, 0.5) is 0 Å². The van der Waals surface area contributed by atoms with E-state index in [0.717, 1.165) is 36.6 Å². The number of nitrogens with one attached hydrogen (secondary N) is 1. The standard InChI is InChI=1S/C13H16ClN3S/c1-9-7-17-8-10(2-3-13(17)16-9)15-6-12-11(14)4-5-18-12/h4-5,7,10,15H,2-3,6,8H2,1H3. The molecule has 0 spiro atoms. The molecule has 3 rings (SSSR count). The van der Waals surface area contributed by atoms with Gasteiger partial charge in [0.15, 0.2) is 0 Å². The molecule has 18 heavy (non-hydrogen) atoms. The van der Waals surface area contributed by atoms with Gasteiger partial charge in [-0.3, -0.25) is 0 Å². The Labute approximate surface area is 116 Å². The Bertz CT molecular complexity index is 546. The maximum atomic E-state index is 6.10. The van der Waals surface area contributed by atoms with E-state index in [0.29, 0.717) is 6.04 Å². The van der Waals surface area contributed by atoms with Gasteiger partial charge in [0.2, 0.25) is 0 Å². The molecule has 1 N–H and O–H groups in total. The van der Waals surface area contributed by atoms with Crippen molar-refractivity contribution in [3.63, 3.8) is 0 Å². The van der Waals surface area contributed by atoms with Crippen LogP contribution in [0.3, 0.4) is 0 Å². The molecule has 2 aromatic rings. The predicted molar refractivity (Wildman–Crippen MR) is 75.2 cm³/mol. The van der Waals surface area contributed by atoms with Crippen molar-refractivity contribution in [3.05, 3.63) is 39.1 Å². The van der Waals surface area contributed by atoms with Gasteiger partial charge in [-0.25, -0.2) is 4.98 Å². The van der Waals surface area contributed by atoms with E-state index < -0.39 is 0 Å². The van der Waals surface area contributed by atoms with Crippen LogP contribution in [0.1, 0.15) is 22.8 Å². The summed E-state index contributed by atoms with van der Waals surface area (Å²) in [4.78, 5) is 5.75. The van der Waals surface area contributed by atoms with Gasteiger partial charge >= 0.3 is 0 Å². The smallest absolute Gasteiger partial charge is 0.109 e. The molecular formula is C13H16ClN3S. The summed E-state index contributed by atoms with van der Waals surface area (Å²) in [6.45, 7) is 3.93. The number of fused-ring (bicyclic) bond motifs is 1. The van der Waals surface area contributed by atoms with Crippen LogP contribution in [-0.2, 0) is 19.5 Å². The lowest BCUT2D eigenvalue weighted by Crippen LogP contribution is -2.36. The average Bonchev–Trinajstić information content (AvgIpc) is 2.90. The number of halogens is 1. The highest BCUT2D eigenvalue weighted by Gasteiger charge is 2.19. The third kappa shape index (κ3) is 2.46. The molecule has 2 aromatic heterocycles. The van der Waals surface area contributed by atoms with Crippen LogP contribution in [0.5, 0.6) is 0 Å². The zero-order chi connectivity index (χ0) is 12.5. The minimum absolute atomic E-state index is 0.518. The fourth-order valence-electron chi connectivity index (χ4n) is 2.44. The molecule has 0 amide bonds. The quantitative estimate of drug-likeness (QED) is 0.937. The molecule has 0 aromatic carbocycles. The summed E-state index contributed by atoms with van der Waals surface area (Å²) in [6, 6.07) is 2.48. The van der Waals surface area contributed by atoms with Crippen molar-refractivity contribution >= 4 is 22.9 Å². The number of hydrogen-bond donors (Lipinski definition) is 1. The molecule has 3 nitrogen and oxygen atoms in total. The van der Waals surface area contributed by atoms with E-state index in [1.807, 2.05) is 11.4 Å². The van der Waals surface area contributed by atoms with Crippen LogP contribution in [0.25, 0.3) is 0 Å². The first-order valence-corrected chi connectivity index (χ1v) is 7.46. The minimum Gasteiger partial charge on any atom is -0.333 e. The first kappa shape index (κ1) is 12.2. The predicted octanol–water partition coefficient (Wildman–Crippen LogP) is 3.01. The third-order valence-corrected chi connectivity index (χ3v) is 4.74. The Morgan fingerprint density at radius 3 is 3.28 bits per heavy atom. The first-order valence-electron chi connectivity index (χ1n) is 6.20. The number of nitrogens with zero attached hydrogens (tertiary/aromatic N) is 2. The molecule has 0 bridgehead atoms. The van der Waals surface area contributed by atoms with Crippen LogP contribution >= 0.6 is 22.9 Å². The number of aryl methyl sites for hydroxylation is 2. The fourth-order valence-corrected chi connectivity index (χ4v) is 3.50. The van der Waals surface area contributed by atoms with Crippen LogP contribution in [-0.4, -0.2) is 15.6 Å². The molecule has 1 atom stereocenters. The number of hydrogen-bond acceptors (Lipinski definition) is 3. The SMILES string of the molecule is Cc1cn2c(n1)CCC(NCc1sccc1Cl)C2. The van der Waals surface area contributed by atoms with Gasteiger partial charge in [-0.2, -0.15) is 0 Å². The van der Waals surface area contributed by atoms with Gasteiger partial charge in [0, 0.05) is 36.6 Å². The van der Waals surface area contributed by atoms with Crippen molar-refractivity contribution in [1.29, 1.82) is 0 Å². The van der Waals surface area contributed by atoms with E-state index in [2.05, 4.69) is 28.0 Å². The zero-order valence-corrected chi connectivity index (χ0v) is 11.9. The molecular weight excluding hydrogens is 266 g/mol. The van der Waals surface area contributed by atoms with E-state index in [1.54, 1.807) is 11.3 Å². The minimum atomic E-state index is 0.518. The number of thiophene rings is 1. The maximum absolute atomic E-state index is 6.10. The van der Waals surface area contributed by atoms with Crippen LogP contribution in [0.15, 0.2) is 17.6 Å². The summed E-state index contributed by atoms with van der Waals surface area (Å²) >= 11 is 7.81. The van der Waals surface area contributed by atoms with Crippen molar-refractivity contribution in [2.24, 2.45) is 0 Å². The second kappa shape index (κ2) is 5.03. The Kier molecular flexibility index (Phi) is 3.41. The van der Waals surface area contributed by atoms with Crippen molar-refractivity contribution in [2.75, 3.05) is 0 Å². The molecule has 1 aliphatic rings. The van der Waals surface area contributed by atoms with Gasteiger partial charge in [-0.1, -0.05) is 11.6 Å². The highest BCUT2D eigenvalue weighted by Crippen LogP contribution is 2.22. The van der Waals surface area contributed by atoms with Gasteiger partial charge in [0.05, 0.1) is 10.7 Å². The Morgan fingerprint density at radius 1 is 1.61 bits per heavy atom. The number of aromatic nitrogens is 2. The summed E-state index contributed by atoms with van der Waals surface area (Å²) in [5.74, 6) is 1.22. The molecule has 1 unspecified atom stereocenters. The van der Waals surface area contributed by atoms with Crippen LogP contribution in [0, 0.1) is 6.92 Å². The largest absolute Gasteiger partial charge is 0.333 e.